The number of nitrogens with zero attached hydrogens (tertiary/aromatic N) is 5. The average Bonchev–Trinajstić information content (AvgIpc) is 2.94. The predicted molar refractivity (Wildman–Crippen MR) is 71.3 cm³/mol. The minimum atomic E-state index is -3.65. The van der Waals surface area contributed by atoms with Crippen molar-refractivity contribution < 1.29 is 18.3 Å². The van der Waals surface area contributed by atoms with E-state index in [4.69, 9.17) is 5.11 Å². The number of rotatable bonds is 3. The van der Waals surface area contributed by atoms with Crippen molar-refractivity contribution >= 4 is 16.2 Å². The third kappa shape index (κ3) is 2.65. The second-order valence-electron chi connectivity index (χ2n) is 5.32. The fourth-order valence-corrected chi connectivity index (χ4v) is 4.40. The van der Waals surface area contributed by atoms with Crippen molar-refractivity contribution in [3.63, 3.8) is 0 Å². The fraction of sp³-hybridized carbons (Fsp3) is 0.727. The lowest BCUT2D eigenvalue weighted by Gasteiger charge is -2.35. The van der Waals surface area contributed by atoms with Crippen molar-refractivity contribution in [2.45, 2.75) is 25.9 Å². The van der Waals surface area contributed by atoms with Crippen molar-refractivity contribution in [1.82, 2.24) is 23.4 Å². The molecule has 0 saturated carbocycles. The van der Waals surface area contributed by atoms with E-state index in [1.165, 1.54) is 8.61 Å². The number of aromatic nitrogens is 3. The zero-order chi connectivity index (χ0) is 15.0. The molecular formula is C11H17N5O4S. The first-order valence-corrected chi connectivity index (χ1v) is 8.23. The number of carbonyl (C=O) groups is 1. The predicted octanol–water partition coefficient (Wildman–Crippen LogP) is -0.865. The first-order valence-electron chi connectivity index (χ1n) is 6.83. The van der Waals surface area contributed by atoms with E-state index in [1.54, 1.807) is 6.33 Å². The van der Waals surface area contributed by atoms with E-state index >= 15 is 0 Å². The maximum Gasteiger partial charge on any atom is 0.307 e. The molecule has 1 saturated heterocycles. The molecule has 0 bridgehead atoms. The molecule has 0 spiro atoms. The van der Waals surface area contributed by atoms with E-state index in [2.05, 4.69) is 10.2 Å². The summed E-state index contributed by atoms with van der Waals surface area (Å²) < 4.78 is 29.7. The molecule has 0 radical (unpaired) electrons. The standard InChI is InChI=1S/C11H17N5O4S/c17-11(18)9-2-1-3-15(6-9)21(19,20)16-5-4-14-8-12-13-10(14)7-16/h8-9H,1-7H2,(H,17,18). The number of piperidine rings is 1. The second-order valence-corrected chi connectivity index (χ2v) is 7.25. The van der Waals surface area contributed by atoms with Gasteiger partial charge in [-0.2, -0.15) is 17.0 Å². The number of carboxylic acid groups (broad SMARTS) is 1. The first-order chi connectivity index (χ1) is 9.98. The molecule has 10 heteroatoms. The molecule has 2 aliphatic heterocycles. The topological polar surface area (TPSA) is 109 Å². The molecule has 3 heterocycles. The molecule has 1 aromatic rings. The number of aliphatic carboxylic acids is 1. The Morgan fingerprint density at radius 2 is 2.10 bits per heavy atom. The molecule has 0 aromatic carbocycles. The minimum Gasteiger partial charge on any atom is -0.481 e. The van der Waals surface area contributed by atoms with Gasteiger partial charge < -0.3 is 9.67 Å². The lowest BCUT2D eigenvalue weighted by molar-refractivity contribution is -0.142. The fourth-order valence-electron chi connectivity index (χ4n) is 2.76. The molecule has 21 heavy (non-hydrogen) atoms. The van der Waals surface area contributed by atoms with Crippen LogP contribution in [0.5, 0.6) is 0 Å². The second kappa shape index (κ2) is 5.35. The quantitative estimate of drug-likeness (QED) is 0.777. The summed E-state index contributed by atoms with van der Waals surface area (Å²) in [5.74, 6) is -0.952. The largest absolute Gasteiger partial charge is 0.481 e. The highest BCUT2D eigenvalue weighted by Gasteiger charge is 2.37. The van der Waals surface area contributed by atoms with E-state index in [0.717, 1.165) is 0 Å². The molecule has 2 aliphatic rings. The first kappa shape index (κ1) is 14.4. The molecule has 0 amide bonds. The average molecular weight is 315 g/mol. The zero-order valence-corrected chi connectivity index (χ0v) is 12.2. The van der Waals surface area contributed by atoms with Crippen LogP contribution in [0.15, 0.2) is 6.33 Å². The Balaban J connectivity index is 1.76. The molecule has 3 rings (SSSR count). The molecule has 1 N–H and O–H groups in total. The number of fused-ring (bicyclic) bond motifs is 1. The zero-order valence-electron chi connectivity index (χ0n) is 11.4. The lowest BCUT2D eigenvalue weighted by Crippen LogP contribution is -2.50. The van der Waals surface area contributed by atoms with Crippen LogP contribution >= 0.6 is 0 Å². The third-order valence-electron chi connectivity index (χ3n) is 3.99. The van der Waals surface area contributed by atoms with E-state index in [-0.39, 0.29) is 13.1 Å². The third-order valence-corrected chi connectivity index (χ3v) is 5.94. The van der Waals surface area contributed by atoms with Crippen LogP contribution in [0.4, 0.5) is 0 Å². The molecular weight excluding hydrogens is 298 g/mol. The van der Waals surface area contributed by atoms with Crippen molar-refractivity contribution in [3.05, 3.63) is 12.2 Å². The van der Waals surface area contributed by atoms with E-state index in [0.29, 0.717) is 38.3 Å². The minimum absolute atomic E-state index is 0.0425. The summed E-state index contributed by atoms with van der Waals surface area (Å²) in [6.45, 7) is 1.45. The Hall–Kier alpha value is -1.52. The summed E-state index contributed by atoms with van der Waals surface area (Å²) >= 11 is 0. The number of carboxylic acids is 1. The van der Waals surface area contributed by atoms with Gasteiger partial charge in [0.2, 0.25) is 0 Å². The van der Waals surface area contributed by atoms with Gasteiger partial charge in [-0.1, -0.05) is 0 Å². The molecule has 0 aliphatic carbocycles. The molecule has 1 atom stereocenters. The van der Waals surface area contributed by atoms with Gasteiger partial charge in [0, 0.05) is 26.2 Å². The van der Waals surface area contributed by atoms with Gasteiger partial charge >= 0.3 is 5.97 Å². The van der Waals surface area contributed by atoms with Crippen molar-refractivity contribution in [2.75, 3.05) is 19.6 Å². The van der Waals surface area contributed by atoms with Gasteiger partial charge in [-0.05, 0) is 12.8 Å². The van der Waals surface area contributed by atoms with Crippen LogP contribution in [0.3, 0.4) is 0 Å². The van der Waals surface area contributed by atoms with Gasteiger partial charge in [0.1, 0.15) is 12.2 Å². The maximum atomic E-state index is 12.6. The van der Waals surface area contributed by atoms with Gasteiger partial charge in [-0.25, -0.2) is 0 Å². The van der Waals surface area contributed by atoms with Crippen LogP contribution in [0.25, 0.3) is 0 Å². The summed E-state index contributed by atoms with van der Waals surface area (Å²) in [5, 5.41) is 16.7. The van der Waals surface area contributed by atoms with Crippen LogP contribution < -0.4 is 0 Å². The summed E-state index contributed by atoms with van der Waals surface area (Å²) in [7, 11) is -3.65. The Kier molecular flexibility index (Phi) is 3.68. The highest BCUT2D eigenvalue weighted by atomic mass is 32.2. The van der Waals surface area contributed by atoms with Crippen LogP contribution in [0, 0.1) is 5.92 Å². The van der Waals surface area contributed by atoms with Gasteiger partial charge in [-0.3, -0.25) is 4.79 Å². The Morgan fingerprint density at radius 1 is 1.29 bits per heavy atom. The summed E-state index contributed by atoms with van der Waals surface area (Å²) in [6.07, 6.45) is 2.68. The lowest BCUT2D eigenvalue weighted by atomic mass is 10.0. The summed E-state index contributed by atoms with van der Waals surface area (Å²) in [4.78, 5) is 11.1. The van der Waals surface area contributed by atoms with Crippen LogP contribution in [-0.2, 0) is 28.1 Å². The molecule has 1 unspecified atom stereocenters. The SMILES string of the molecule is O=C(O)C1CCCN(S(=O)(=O)N2CCn3cnnc3C2)C1. The molecule has 1 fully saturated rings. The van der Waals surface area contributed by atoms with Gasteiger partial charge in [0.05, 0.1) is 12.5 Å². The van der Waals surface area contributed by atoms with Crippen LogP contribution in [0.2, 0.25) is 0 Å². The van der Waals surface area contributed by atoms with E-state index < -0.39 is 22.1 Å². The normalized spacial score (nSPS) is 24.7. The highest BCUT2D eigenvalue weighted by molar-refractivity contribution is 7.86. The summed E-state index contributed by atoms with van der Waals surface area (Å²) in [6, 6.07) is 0. The maximum absolute atomic E-state index is 12.6. The molecule has 9 nitrogen and oxygen atoms in total. The number of hydrogen-bond acceptors (Lipinski definition) is 5. The van der Waals surface area contributed by atoms with Gasteiger partial charge in [-0.15, -0.1) is 10.2 Å². The van der Waals surface area contributed by atoms with Crippen molar-refractivity contribution in [2.24, 2.45) is 5.92 Å². The van der Waals surface area contributed by atoms with Gasteiger partial charge in [0.15, 0.2) is 0 Å². The highest BCUT2D eigenvalue weighted by Crippen LogP contribution is 2.23. The Bertz CT molecular complexity index is 643. The van der Waals surface area contributed by atoms with Crippen LogP contribution in [0.1, 0.15) is 18.7 Å². The Labute approximate surface area is 122 Å². The molecule has 1 aromatic heterocycles. The number of hydrogen-bond donors (Lipinski definition) is 1. The monoisotopic (exact) mass is 315 g/mol. The van der Waals surface area contributed by atoms with Crippen molar-refractivity contribution in [1.29, 1.82) is 0 Å². The van der Waals surface area contributed by atoms with E-state index in [1.807, 2.05) is 4.57 Å². The smallest absolute Gasteiger partial charge is 0.307 e. The van der Waals surface area contributed by atoms with Crippen molar-refractivity contribution in [3.8, 4) is 0 Å². The molecule has 116 valence electrons. The Morgan fingerprint density at radius 3 is 2.86 bits per heavy atom. The van der Waals surface area contributed by atoms with Gasteiger partial charge in [0.25, 0.3) is 10.2 Å². The summed E-state index contributed by atoms with van der Waals surface area (Å²) in [5.41, 5.74) is 0. The van der Waals surface area contributed by atoms with E-state index in [9.17, 15) is 13.2 Å². The van der Waals surface area contributed by atoms with Crippen LogP contribution in [-0.4, -0.2) is 62.5 Å².